The molecule has 10 nitrogen and oxygen atoms in total. The van der Waals surface area contributed by atoms with E-state index in [1.54, 1.807) is 0 Å². The minimum absolute atomic E-state index is 0.260. The molecule has 176 valence electrons. The van der Waals surface area contributed by atoms with E-state index in [1.165, 1.54) is 0 Å². The zero-order chi connectivity index (χ0) is 22.3. The highest BCUT2D eigenvalue weighted by Crippen LogP contribution is 2.04. The van der Waals surface area contributed by atoms with Gasteiger partial charge in [-0.05, 0) is 52.4 Å². The molecule has 12 heteroatoms. The molecule has 0 radical (unpaired) electrons. The van der Waals surface area contributed by atoms with Crippen LogP contribution in [0.15, 0.2) is 0 Å². The first kappa shape index (κ1) is 27.2. The Hall–Kier alpha value is -0.860. The van der Waals surface area contributed by atoms with Gasteiger partial charge in [0.05, 0.1) is 11.1 Å². The summed E-state index contributed by atoms with van der Waals surface area (Å²) in [4.78, 5) is 0. The van der Waals surface area contributed by atoms with Crippen LogP contribution in [0.1, 0.15) is 13.8 Å². The zero-order valence-corrected chi connectivity index (χ0v) is 20.5. The summed E-state index contributed by atoms with van der Waals surface area (Å²) in [6.07, 6.45) is 0. The van der Waals surface area contributed by atoms with Crippen LogP contribution in [0.3, 0.4) is 0 Å². The van der Waals surface area contributed by atoms with Crippen molar-refractivity contribution in [1.29, 1.82) is 0 Å². The average Bonchev–Trinajstić information content (AvgIpc) is 2.67. The number of nitrogens with one attached hydrogen (secondary N) is 10. The van der Waals surface area contributed by atoms with Crippen molar-refractivity contribution >= 4 is 34.7 Å². The quantitative estimate of drug-likeness (QED) is 0.171. The maximum atomic E-state index is 5.46. The molecule has 1 rings (SSSR count). The van der Waals surface area contributed by atoms with E-state index in [9.17, 15) is 0 Å². The van der Waals surface area contributed by atoms with Crippen LogP contribution in [0.25, 0.3) is 0 Å². The molecule has 0 aromatic heterocycles. The van der Waals surface area contributed by atoms with E-state index in [0.717, 1.165) is 52.4 Å². The second kappa shape index (κ2) is 15.0. The fourth-order valence-electron chi connectivity index (χ4n) is 3.59. The van der Waals surface area contributed by atoms with Gasteiger partial charge in [-0.2, -0.15) is 0 Å². The lowest BCUT2D eigenvalue weighted by Gasteiger charge is -2.39. The van der Waals surface area contributed by atoms with Crippen LogP contribution in [0.4, 0.5) is 0 Å². The molecule has 1 saturated heterocycles. The molecule has 0 unspecified atom stereocenters. The van der Waals surface area contributed by atoms with Crippen LogP contribution in [-0.2, 0) is 0 Å². The van der Waals surface area contributed by atoms with Gasteiger partial charge in [0.15, 0.2) is 10.2 Å². The molecule has 30 heavy (non-hydrogen) atoms. The SMILES string of the molecule is CCNC(=S)NC1(CNC)CNCNCC(CNC)(NC(=S)NCC)CNCNC1. The van der Waals surface area contributed by atoms with Gasteiger partial charge in [0.2, 0.25) is 0 Å². The van der Waals surface area contributed by atoms with Crippen LogP contribution in [0.5, 0.6) is 0 Å². The lowest BCUT2D eigenvalue weighted by Crippen LogP contribution is -2.69. The molecular formula is C18H42N10S2. The molecule has 0 atom stereocenters. The van der Waals surface area contributed by atoms with Gasteiger partial charge in [0, 0.05) is 65.7 Å². The second-order valence-corrected chi connectivity index (χ2v) is 8.47. The minimum Gasteiger partial charge on any atom is -0.363 e. The van der Waals surface area contributed by atoms with Crippen LogP contribution in [0, 0.1) is 0 Å². The highest BCUT2D eigenvalue weighted by Gasteiger charge is 2.32. The summed E-state index contributed by atoms with van der Waals surface area (Å²) in [5.74, 6) is 0. The van der Waals surface area contributed by atoms with Crippen molar-refractivity contribution in [2.24, 2.45) is 0 Å². The average molecular weight is 463 g/mol. The highest BCUT2D eigenvalue weighted by atomic mass is 32.1. The molecule has 1 heterocycles. The van der Waals surface area contributed by atoms with Crippen molar-refractivity contribution in [2.75, 3.05) is 79.8 Å². The van der Waals surface area contributed by atoms with Crippen molar-refractivity contribution in [1.82, 2.24) is 53.2 Å². The molecule has 0 bridgehead atoms. The largest absolute Gasteiger partial charge is 0.363 e. The second-order valence-electron chi connectivity index (χ2n) is 7.65. The third-order valence-electron chi connectivity index (χ3n) is 4.82. The molecular weight excluding hydrogens is 420 g/mol. The Kier molecular flexibility index (Phi) is 13.6. The number of thiocarbonyl (C=S) groups is 2. The Bertz CT molecular complexity index is 449. The van der Waals surface area contributed by atoms with Gasteiger partial charge in [-0.3, -0.25) is 0 Å². The molecule has 0 saturated carbocycles. The van der Waals surface area contributed by atoms with E-state index in [2.05, 4.69) is 53.2 Å². The van der Waals surface area contributed by atoms with Gasteiger partial charge in [-0.15, -0.1) is 0 Å². The lowest BCUT2D eigenvalue weighted by molar-refractivity contribution is 0.280. The molecule has 1 fully saturated rings. The van der Waals surface area contributed by atoms with E-state index in [4.69, 9.17) is 24.4 Å². The third kappa shape index (κ3) is 9.96. The summed E-state index contributed by atoms with van der Waals surface area (Å²) in [6.45, 7) is 11.5. The molecule has 0 aromatic rings. The summed E-state index contributed by atoms with van der Waals surface area (Å²) >= 11 is 10.9. The standard InChI is InChI=1S/C18H42N10S2/c1-5-25-15(29)27-17(7-19-3)9-21-13-23-11-18(8-20-4,12-24-14-22-10-17)28-16(30)26-6-2/h19-24H,5-14H2,1-4H3,(H2,25,27,29)(H2,26,28,30). The van der Waals surface area contributed by atoms with E-state index in [-0.39, 0.29) is 11.1 Å². The van der Waals surface area contributed by atoms with E-state index in [1.807, 2.05) is 27.9 Å². The molecule has 0 spiro atoms. The van der Waals surface area contributed by atoms with Gasteiger partial charge < -0.3 is 53.2 Å². The van der Waals surface area contributed by atoms with Gasteiger partial charge in [-0.25, -0.2) is 0 Å². The van der Waals surface area contributed by atoms with Crippen LogP contribution < -0.4 is 53.2 Å². The number of hydrogen-bond acceptors (Lipinski definition) is 8. The molecule has 10 N–H and O–H groups in total. The maximum absolute atomic E-state index is 5.46. The Morgan fingerprint density at radius 1 is 0.700 bits per heavy atom. The van der Waals surface area contributed by atoms with E-state index in [0.29, 0.717) is 23.6 Å². The number of hydrogen-bond donors (Lipinski definition) is 10. The van der Waals surface area contributed by atoms with E-state index >= 15 is 0 Å². The van der Waals surface area contributed by atoms with Crippen LogP contribution in [0.2, 0.25) is 0 Å². The Balaban J connectivity index is 2.82. The monoisotopic (exact) mass is 462 g/mol. The first-order valence-electron chi connectivity index (χ1n) is 10.7. The Morgan fingerprint density at radius 3 is 1.30 bits per heavy atom. The minimum atomic E-state index is -0.260. The van der Waals surface area contributed by atoms with Crippen molar-refractivity contribution in [2.45, 2.75) is 24.9 Å². The number of rotatable bonds is 8. The van der Waals surface area contributed by atoms with Gasteiger partial charge in [-0.1, -0.05) is 0 Å². The van der Waals surface area contributed by atoms with Crippen LogP contribution >= 0.6 is 24.4 Å². The first-order valence-corrected chi connectivity index (χ1v) is 11.5. The number of likely N-dealkylation sites (N-methyl/N-ethyl adjacent to an activating group) is 2. The lowest BCUT2D eigenvalue weighted by atomic mass is 9.98. The van der Waals surface area contributed by atoms with Crippen molar-refractivity contribution in [3.63, 3.8) is 0 Å². The van der Waals surface area contributed by atoms with Crippen molar-refractivity contribution < 1.29 is 0 Å². The smallest absolute Gasteiger partial charge is 0.166 e. The van der Waals surface area contributed by atoms with Crippen molar-refractivity contribution in [3.8, 4) is 0 Å². The van der Waals surface area contributed by atoms with Gasteiger partial charge >= 0.3 is 0 Å². The van der Waals surface area contributed by atoms with E-state index < -0.39 is 0 Å². The van der Waals surface area contributed by atoms with Gasteiger partial charge in [0.25, 0.3) is 0 Å². The van der Waals surface area contributed by atoms with Crippen molar-refractivity contribution in [3.05, 3.63) is 0 Å². The Morgan fingerprint density at radius 2 is 1.03 bits per heavy atom. The topological polar surface area (TPSA) is 120 Å². The Labute approximate surface area is 192 Å². The van der Waals surface area contributed by atoms with Gasteiger partial charge in [0.1, 0.15) is 0 Å². The third-order valence-corrected chi connectivity index (χ3v) is 5.31. The predicted octanol–water partition coefficient (Wildman–Crippen LogP) is -2.84. The predicted molar refractivity (Wildman–Crippen MR) is 134 cm³/mol. The maximum Gasteiger partial charge on any atom is 0.166 e. The fraction of sp³-hybridized carbons (Fsp3) is 0.889. The zero-order valence-electron chi connectivity index (χ0n) is 18.9. The van der Waals surface area contributed by atoms with Crippen LogP contribution in [-0.4, -0.2) is 101 Å². The summed E-state index contributed by atoms with van der Waals surface area (Å²) in [5.41, 5.74) is -0.521. The fourth-order valence-corrected chi connectivity index (χ4v) is 4.31. The highest BCUT2D eigenvalue weighted by molar-refractivity contribution is 7.80. The molecule has 0 amide bonds. The molecule has 0 aromatic carbocycles. The molecule has 1 aliphatic heterocycles. The molecule has 0 aliphatic carbocycles. The summed E-state index contributed by atoms with van der Waals surface area (Å²) in [5, 5.41) is 35.4. The summed E-state index contributed by atoms with van der Waals surface area (Å²) < 4.78 is 0. The normalized spacial score (nSPS) is 26.0. The summed E-state index contributed by atoms with van der Waals surface area (Å²) in [6, 6.07) is 0. The first-order chi connectivity index (χ1) is 14.4. The summed E-state index contributed by atoms with van der Waals surface area (Å²) in [7, 11) is 3.91. The molecule has 1 aliphatic rings.